The largest absolute Gasteiger partial charge is 0.383 e. The van der Waals surface area contributed by atoms with Crippen LogP contribution in [0.15, 0.2) is 46.3 Å². The predicted octanol–water partition coefficient (Wildman–Crippen LogP) is 1.81. The van der Waals surface area contributed by atoms with E-state index in [4.69, 9.17) is 5.73 Å². The van der Waals surface area contributed by atoms with Gasteiger partial charge in [-0.2, -0.15) is 0 Å². The second-order valence-corrected chi connectivity index (χ2v) is 6.51. The Morgan fingerprint density at radius 3 is 2.61 bits per heavy atom. The Labute approximate surface area is 138 Å². The fourth-order valence-corrected chi connectivity index (χ4v) is 3.70. The van der Waals surface area contributed by atoms with Crippen molar-refractivity contribution in [2.75, 3.05) is 18.8 Å². The summed E-state index contributed by atoms with van der Waals surface area (Å²) >= 11 is 1.23. The van der Waals surface area contributed by atoms with Crippen LogP contribution in [0.1, 0.15) is 23.7 Å². The van der Waals surface area contributed by atoms with Crippen molar-refractivity contribution in [1.82, 2.24) is 14.9 Å². The molecule has 120 valence electrons. The summed E-state index contributed by atoms with van der Waals surface area (Å²) in [5.41, 5.74) is 6.20. The summed E-state index contributed by atoms with van der Waals surface area (Å²) < 4.78 is 0. The summed E-state index contributed by atoms with van der Waals surface area (Å²) in [6.07, 6.45) is 2.07. The molecule has 0 spiro atoms. The molecule has 3 rings (SSSR count). The molecular formula is C16H18N4O2S. The van der Waals surface area contributed by atoms with Crippen molar-refractivity contribution >= 4 is 23.5 Å². The van der Waals surface area contributed by atoms with E-state index in [1.54, 1.807) is 0 Å². The number of nitrogen functional groups attached to an aromatic ring is 1. The minimum absolute atomic E-state index is 0.0452. The Balaban J connectivity index is 1.91. The molecular weight excluding hydrogens is 312 g/mol. The maximum absolute atomic E-state index is 12.9. The minimum Gasteiger partial charge on any atom is -0.383 e. The SMILES string of the molecule is Nc1cc(=O)[nH]c(S[C@@H](C(=O)N2CCCC2)c2ccccc2)n1. The third-order valence-electron chi connectivity index (χ3n) is 3.71. The quantitative estimate of drug-likeness (QED) is 0.659. The van der Waals surface area contributed by atoms with Crippen LogP contribution in [0.2, 0.25) is 0 Å². The smallest absolute Gasteiger partial charge is 0.253 e. The molecule has 0 saturated carbocycles. The number of likely N-dealkylation sites (tertiary alicyclic amines) is 1. The first-order chi connectivity index (χ1) is 11.1. The summed E-state index contributed by atoms with van der Waals surface area (Å²) in [5.74, 6) is 0.195. The van der Waals surface area contributed by atoms with Crippen LogP contribution in [-0.4, -0.2) is 33.9 Å². The van der Waals surface area contributed by atoms with Gasteiger partial charge in [0, 0.05) is 19.2 Å². The number of carbonyl (C=O) groups excluding carboxylic acids is 1. The average molecular weight is 330 g/mol. The van der Waals surface area contributed by atoms with E-state index in [9.17, 15) is 9.59 Å². The highest BCUT2D eigenvalue weighted by molar-refractivity contribution is 8.00. The third kappa shape index (κ3) is 3.73. The molecule has 2 aromatic rings. The summed E-state index contributed by atoms with van der Waals surface area (Å²) in [4.78, 5) is 33.1. The third-order valence-corrected chi connectivity index (χ3v) is 4.84. The van der Waals surface area contributed by atoms with Crippen molar-refractivity contribution in [1.29, 1.82) is 0 Å². The van der Waals surface area contributed by atoms with Crippen LogP contribution < -0.4 is 11.3 Å². The van der Waals surface area contributed by atoms with E-state index in [-0.39, 0.29) is 17.3 Å². The molecule has 0 aliphatic carbocycles. The Morgan fingerprint density at radius 1 is 1.26 bits per heavy atom. The molecule has 6 nitrogen and oxygen atoms in total. The van der Waals surface area contributed by atoms with E-state index in [1.807, 2.05) is 35.2 Å². The molecule has 2 heterocycles. The number of rotatable bonds is 4. The highest BCUT2D eigenvalue weighted by Gasteiger charge is 2.29. The lowest BCUT2D eigenvalue weighted by Gasteiger charge is -2.22. The molecule has 0 unspecified atom stereocenters. The number of thioether (sulfide) groups is 1. The first-order valence-corrected chi connectivity index (χ1v) is 8.39. The van der Waals surface area contributed by atoms with Crippen molar-refractivity contribution in [2.24, 2.45) is 0 Å². The van der Waals surface area contributed by atoms with Crippen molar-refractivity contribution in [3.8, 4) is 0 Å². The molecule has 7 heteroatoms. The summed E-state index contributed by atoms with van der Waals surface area (Å²) in [5, 5.41) is -0.0874. The van der Waals surface area contributed by atoms with Crippen LogP contribution >= 0.6 is 11.8 Å². The number of nitrogens with one attached hydrogen (secondary N) is 1. The van der Waals surface area contributed by atoms with Gasteiger partial charge in [0.05, 0.1) is 0 Å². The van der Waals surface area contributed by atoms with Gasteiger partial charge in [-0.15, -0.1) is 0 Å². The topological polar surface area (TPSA) is 92.1 Å². The number of hydrogen-bond donors (Lipinski definition) is 2. The number of benzene rings is 1. The lowest BCUT2D eigenvalue weighted by molar-refractivity contribution is -0.129. The molecule has 1 aliphatic rings. The molecule has 0 bridgehead atoms. The van der Waals surface area contributed by atoms with Gasteiger partial charge < -0.3 is 15.6 Å². The summed E-state index contributed by atoms with van der Waals surface area (Å²) in [6, 6.07) is 10.8. The van der Waals surface area contributed by atoms with E-state index in [1.165, 1.54) is 17.8 Å². The summed E-state index contributed by atoms with van der Waals surface area (Å²) in [6.45, 7) is 1.56. The molecule has 0 radical (unpaired) electrons. The van der Waals surface area contributed by atoms with Crippen LogP contribution in [0.25, 0.3) is 0 Å². The van der Waals surface area contributed by atoms with E-state index in [2.05, 4.69) is 9.97 Å². The van der Waals surface area contributed by atoms with Gasteiger partial charge in [0.1, 0.15) is 11.1 Å². The fourth-order valence-electron chi connectivity index (χ4n) is 2.61. The van der Waals surface area contributed by atoms with Gasteiger partial charge in [0.25, 0.3) is 5.56 Å². The minimum atomic E-state index is -0.445. The molecule has 1 aliphatic heterocycles. The van der Waals surface area contributed by atoms with Gasteiger partial charge in [-0.1, -0.05) is 42.1 Å². The molecule has 1 saturated heterocycles. The molecule has 1 atom stereocenters. The van der Waals surface area contributed by atoms with E-state index in [0.29, 0.717) is 5.16 Å². The van der Waals surface area contributed by atoms with Crippen molar-refractivity contribution in [3.63, 3.8) is 0 Å². The number of aromatic amines is 1. The van der Waals surface area contributed by atoms with Crippen LogP contribution in [0.4, 0.5) is 5.82 Å². The molecule has 1 aromatic heterocycles. The molecule has 3 N–H and O–H groups in total. The Morgan fingerprint density at radius 2 is 1.96 bits per heavy atom. The zero-order chi connectivity index (χ0) is 16.2. The second-order valence-electron chi connectivity index (χ2n) is 5.42. The first kappa shape index (κ1) is 15.6. The fraction of sp³-hybridized carbons (Fsp3) is 0.312. The number of carbonyl (C=O) groups is 1. The predicted molar refractivity (Wildman–Crippen MR) is 90.1 cm³/mol. The van der Waals surface area contributed by atoms with Crippen molar-refractivity contribution in [2.45, 2.75) is 23.2 Å². The Kier molecular flexibility index (Phi) is 4.66. The van der Waals surface area contributed by atoms with E-state index in [0.717, 1.165) is 31.5 Å². The van der Waals surface area contributed by atoms with E-state index >= 15 is 0 Å². The number of nitrogens with zero attached hydrogens (tertiary/aromatic N) is 2. The Hall–Kier alpha value is -2.28. The molecule has 1 amide bonds. The van der Waals surface area contributed by atoms with Gasteiger partial charge in [-0.05, 0) is 18.4 Å². The molecule has 1 fully saturated rings. The normalized spacial score (nSPS) is 15.6. The average Bonchev–Trinajstić information content (AvgIpc) is 3.06. The lowest BCUT2D eigenvalue weighted by atomic mass is 10.1. The van der Waals surface area contributed by atoms with Crippen molar-refractivity contribution < 1.29 is 4.79 Å². The lowest BCUT2D eigenvalue weighted by Crippen LogP contribution is -2.31. The number of amides is 1. The Bertz CT molecular complexity index is 741. The number of nitrogens with two attached hydrogens (primary N) is 1. The van der Waals surface area contributed by atoms with Gasteiger partial charge in [0.15, 0.2) is 5.16 Å². The summed E-state index contributed by atoms with van der Waals surface area (Å²) in [7, 11) is 0. The number of anilines is 1. The second kappa shape index (κ2) is 6.87. The first-order valence-electron chi connectivity index (χ1n) is 7.51. The number of hydrogen-bond acceptors (Lipinski definition) is 5. The standard InChI is InChI=1S/C16H18N4O2S/c17-12-10-13(21)19-16(18-12)23-14(11-6-2-1-3-7-11)15(22)20-8-4-5-9-20/h1-3,6-7,10,14H,4-5,8-9H2,(H3,17,18,19,21)/t14-/m1/s1. The zero-order valence-electron chi connectivity index (χ0n) is 12.6. The highest BCUT2D eigenvalue weighted by Crippen LogP contribution is 2.35. The van der Waals surface area contributed by atoms with Crippen molar-refractivity contribution in [3.05, 3.63) is 52.3 Å². The van der Waals surface area contributed by atoms with Crippen LogP contribution in [0, 0.1) is 0 Å². The van der Waals surface area contributed by atoms with Crippen LogP contribution in [0.5, 0.6) is 0 Å². The maximum atomic E-state index is 12.9. The monoisotopic (exact) mass is 330 g/mol. The maximum Gasteiger partial charge on any atom is 0.253 e. The zero-order valence-corrected chi connectivity index (χ0v) is 13.4. The van der Waals surface area contributed by atoms with Gasteiger partial charge >= 0.3 is 0 Å². The molecule has 23 heavy (non-hydrogen) atoms. The van der Waals surface area contributed by atoms with E-state index < -0.39 is 5.25 Å². The van der Waals surface area contributed by atoms with Gasteiger partial charge in [-0.3, -0.25) is 9.59 Å². The van der Waals surface area contributed by atoms with Gasteiger partial charge in [0.2, 0.25) is 5.91 Å². The molecule has 1 aromatic carbocycles. The number of aromatic nitrogens is 2. The van der Waals surface area contributed by atoms with Gasteiger partial charge in [-0.25, -0.2) is 4.98 Å². The highest BCUT2D eigenvalue weighted by atomic mass is 32.2. The van der Waals surface area contributed by atoms with Crippen LogP contribution in [0.3, 0.4) is 0 Å². The number of H-pyrrole nitrogens is 1. The van der Waals surface area contributed by atoms with Crippen LogP contribution in [-0.2, 0) is 4.79 Å².